The first-order chi connectivity index (χ1) is 14.9. The highest BCUT2D eigenvalue weighted by atomic mass is 16.5. The van der Waals surface area contributed by atoms with Gasteiger partial charge in [0.15, 0.2) is 0 Å². The van der Waals surface area contributed by atoms with E-state index in [0.29, 0.717) is 22.4 Å². The SMILES string of the molecule is COc1ccc(Oc2coc3cc(OC(=O)c4ccc(C)c(C)c4)ccc3c2=O)cc1. The largest absolute Gasteiger partial charge is 0.497 e. The number of hydrogen-bond acceptors (Lipinski definition) is 6. The lowest BCUT2D eigenvalue weighted by Gasteiger charge is -2.08. The first-order valence-corrected chi connectivity index (χ1v) is 9.61. The van der Waals surface area contributed by atoms with Crippen molar-refractivity contribution < 1.29 is 23.4 Å². The van der Waals surface area contributed by atoms with Gasteiger partial charge >= 0.3 is 5.97 Å². The van der Waals surface area contributed by atoms with E-state index in [4.69, 9.17) is 18.6 Å². The van der Waals surface area contributed by atoms with Gasteiger partial charge in [0.1, 0.15) is 29.1 Å². The Hall–Kier alpha value is -4.06. The van der Waals surface area contributed by atoms with Crippen molar-refractivity contribution in [3.8, 4) is 23.0 Å². The molecular formula is C25H20O6. The van der Waals surface area contributed by atoms with Gasteiger partial charge < -0.3 is 18.6 Å². The number of fused-ring (bicyclic) bond motifs is 1. The third-order valence-corrected chi connectivity index (χ3v) is 4.95. The molecule has 0 unspecified atom stereocenters. The number of hydrogen-bond donors (Lipinski definition) is 0. The first-order valence-electron chi connectivity index (χ1n) is 9.61. The smallest absolute Gasteiger partial charge is 0.343 e. The van der Waals surface area contributed by atoms with Crippen LogP contribution in [0.25, 0.3) is 11.0 Å². The molecule has 0 saturated heterocycles. The maximum Gasteiger partial charge on any atom is 0.343 e. The van der Waals surface area contributed by atoms with Crippen molar-refractivity contribution in [1.29, 1.82) is 0 Å². The summed E-state index contributed by atoms with van der Waals surface area (Å²) in [5, 5.41) is 0.317. The molecule has 0 spiro atoms. The molecule has 0 aliphatic heterocycles. The molecule has 0 aliphatic rings. The van der Waals surface area contributed by atoms with Gasteiger partial charge in [0, 0.05) is 6.07 Å². The Balaban J connectivity index is 1.56. The molecule has 1 heterocycles. The normalized spacial score (nSPS) is 10.7. The molecule has 0 aliphatic carbocycles. The fourth-order valence-corrected chi connectivity index (χ4v) is 3.03. The van der Waals surface area contributed by atoms with Crippen molar-refractivity contribution in [2.24, 2.45) is 0 Å². The molecule has 31 heavy (non-hydrogen) atoms. The molecule has 3 aromatic carbocycles. The van der Waals surface area contributed by atoms with Gasteiger partial charge in [-0.15, -0.1) is 0 Å². The highest BCUT2D eigenvalue weighted by molar-refractivity contribution is 5.92. The van der Waals surface area contributed by atoms with Crippen LogP contribution >= 0.6 is 0 Å². The summed E-state index contributed by atoms with van der Waals surface area (Å²) in [5.41, 5.74) is 2.51. The van der Waals surface area contributed by atoms with Crippen molar-refractivity contribution in [1.82, 2.24) is 0 Å². The predicted molar refractivity (Wildman–Crippen MR) is 116 cm³/mol. The molecule has 0 bridgehead atoms. The zero-order chi connectivity index (χ0) is 22.0. The third-order valence-electron chi connectivity index (χ3n) is 4.95. The van der Waals surface area contributed by atoms with E-state index in [1.165, 1.54) is 12.3 Å². The molecule has 0 saturated carbocycles. The van der Waals surface area contributed by atoms with Crippen LogP contribution in [0.1, 0.15) is 21.5 Å². The van der Waals surface area contributed by atoms with Gasteiger partial charge in [0.2, 0.25) is 11.2 Å². The van der Waals surface area contributed by atoms with E-state index in [0.717, 1.165) is 11.1 Å². The van der Waals surface area contributed by atoms with E-state index in [9.17, 15) is 9.59 Å². The summed E-state index contributed by atoms with van der Waals surface area (Å²) in [6.45, 7) is 3.91. The van der Waals surface area contributed by atoms with Crippen LogP contribution in [0.5, 0.6) is 23.0 Å². The molecular weight excluding hydrogens is 396 g/mol. The number of carbonyl (C=O) groups is 1. The lowest BCUT2D eigenvalue weighted by atomic mass is 10.1. The van der Waals surface area contributed by atoms with Crippen molar-refractivity contribution in [2.75, 3.05) is 7.11 Å². The van der Waals surface area contributed by atoms with E-state index < -0.39 is 5.97 Å². The van der Waals surface area contributed by atoms with Gasteiger partial charge in [-0.1, -0.05) is 6.07 Å². The van der Waals surface area contributed by atoms with Gasteiger partial charge in [-0.05, 0) is 73.5 Å². The van der Waals surface area contributed by atoms with E-state index >= 15 is 0 Å². The van der Waals surface area contributed by atoms with Crippen molar-refractivity contribution in [2.45, 2.75) is 13.8 Å². The lowest BCUT2D eigenvalue weighted by molar-refractivity contribution is 0.0735. The summed E-state index contributed by atoms with van der Waals surface area (Å²) >= 11 is 0. The van der Waals surface area contributed by atoms with Crippen molar-refractivity contribution in [3.63, 3.8) is 0 Å². The van der Waals surface area contributed by atoms with E-state index in [2.05, 4.69) is 0 Å². The summed E-state index contributed by atoms with van der Waals surface area (Å²) in [6.07, 6.45) is 1.24. The van der Waals surface area contributed by atoms with E-state index in [-0.39, 0.29) is 22.5 Å². The monoisotopic (exact) mass is 416 g/mol. The second kappa shape index (κ2) is 8.36. The van der Waals surface area contributed by atoms with E-state index in [1.807, 2.05) is 19.9 Å². The summed E-state index contributed by atoms with van der Waals surface area (Å²) in [4.78, 5) is 25.2. The fourth-order valence-electron chi connectivity index (χ4n) is 3.03. The number of benzene rings is 3. The average molecular weight is 416 g/mol. The van der Waals surface area contributed by atoms with E-state index in [1.54, 1.807) is 55.6 Å². The maximum atomic E-state index is 12.8. The minimum Gasteiger partial charge on any atom is -0.497 e. The second-order valence-electron chi connectivity index (χ2n) is 7.05. The van der Waals surface area contributed by atoms with Gasteiger partial charge in [0.25, 0.3) is 0 Å². The first kappa shape index (κ1) is 20.2. The molecule has 0 radical (unpaired) electrons. The van der Waals surface area contributed by atoms with Crippen LogP contribution in [0.15, 0.2) is 76.1 Å². The molecule has 0 atom stereocenters. The standard InChI is InChI=1S/C25H20O6/c1-15-4-5-17(12-16(15)2)25(27)31-20-10-11-21-22(13-20)29-14-23(24(21)26)30-19-8-6-18(28-3)7-9-19/h4-14H,1-3H3. The molecule has 0 fully saturated rings. The Labute approximate surface area is 178 Å². The average Bonchev–Trinajstić information content (AvgIpc) is 2.78. The number of ether oxygens (including phenoxy) is 3. The summed E-state index contributed by atoms with van der Waals surface area (Å²) in [5.74, 6) is 1.01. The molecule has 4 aromatic rings. The molecule has 0 amide bonds. The van der Waals surface area contributed by atoms with Crippen molar-refractivity contribution >= 4 is 16.9 Å². The van der Waals surface area contributed by atoms with Crippen LogP contribution in [-0.2, 0) is 0 Å². The van der Waals surface area contributed by atoms with Crippen LogP contribution in [0.4, 0.5) is 0 Å². The number of rotatable bonds is 5. The Morgan fingerprint density at radius 3 is 2.26 bits per heavy atom. The quantitative estimate of drug-likeness (QED) is 0.319. The van der Waals surface area contributed by atoms with Gasteiger partial charge in [-0.25, -0.2) is 4.79 Å². The molecule has 156 valence electrons. The number of esters is 1. The van der Waals surface area contributed by atoms with Crippen LogP contribution in [-0.4, -0.2) is 13.1 Å². The van der Waals surface area contributed by atoms with Crippen LogP contribution in [0.2, 0.25) is 0 Å². The number of aryl methyl sites for hydroxylation is 2. The Morgan fingerprint density at radius 2 is 1.55 bits per heavy atom. The molecule has 6 nitrogen and oxygen atoms in total. The second-order valence-corrected chi connectivity index (χ2v) is 7.05. The number of methoxy groups -OCH3 is 1. The topological polar surface area (TPSA) is 75.0 Å². The minimum absolute atomic E-state index is 0.0533. The molecule has 0 N–H and O–H groups in total. The Bertz CT molecular complexity index is 1320. The van der Waals surface area contributed by atoms with Crippen LogP contribution in [0.3, 0.4) is 0 Å². The number of carbonyl (C=O) groups excluding carboxylic acids is 1. The Morgan fingerprint density at radius 1 is 0.839 bits per heavy atom. The zero-order valence-corrected chi connectivity index (χ0v) is 17.3. The highest BCUT2D eigenvalue weighted by Crippen LogP contribution is 2.26. The molecule has 6 heteroatoms. The lowest BCUT2D eigenvalue weighted by Crippen LogP contribution is -2.09. The summed E-state index contributed by atoms with van der Waals surface area (Å²) in [6, 6.07) is 16.8. The van der Waals surface area contributed by atoms with Gasteiger partial charge in [-0.2, -0.15) is 0 Å². The van der Waals surface area contributed by atoms with Crippen LogP contribution in [0, 0.1) is 13.8 Å². The Kier molecular flexibility index (Phi) is 5.45. The van der Waals surface area contributed by atoms with Crippen molar-refractivity contribution in [3.05, 3.63) is 93.8 Å². The summed E-state index contributed by atoms with van der Waals surface area (Å²) in [7, 11) is 1.57. The molecule has 4 rings (SSSR count). The summed E-state index contributed by atoms with van der Waals surface area (Å²) < 4.78 is 21.8. The minimum atomic E-state index is -0.482. The maximum absolute atomic E-state index is 12.8. The third kappa shape index (κ3) is 4.28. The molecule has 1 aromatic heterocycles. The van der Waals surface area contributed by atoms with Gasteiger partial charge in [-0.3, -0.25) is 4.79 Å². The zero-order valence-electron chi connectivity index (χ0n) is 17.3. The predicted octanol–water partition coefficient (Wildman–Crippen LogP) is 5.43. The highest BCUT2D eigenvalue weighted by Gasteiger charge is 2.13. The van der Waals surface area contributed by atoms with Gasteiger partial charge in [0.05, 0.1) is 18.1 Å². The fraction of sp³-hybridized carbons (Fsp3) is 0.120. The van der Waals surface area contributed by atoms with Crippen LogP contribution < -0.4 is 19.6 Å².